The van der Waals surface area contributed by atoms with Crippen LogP contribution in [0.2, 0.25) is 0 Å². The molecule has 4 N–H and O–H groups in total. The summed E-state index contributed by atoms with van der Waals surface area (Å²) in [7, 11) is 0. The lowest BCUT2D eigenvalue weighted by atomic mass is 10.0. The second kappa shape index (κ2) is 7.80. The van der Waals surface area contributed by atoms with Gasteiger partial charge in [-0.05, 0) is 24.0 Å². The largest absolute Gasteiger partial charge is 0.329 e. The van der Waals surface area contributed by atoms with Gasteiger partial charge in [0.2, 0.25) is 11.8 Å². The lowest BCUT2D eigenvalue weighted by molar-refractivity contribution is -0.136. The van der Waals surface area contributed by atoms with Gasteiger partial charge in [-0.1, -0.05) is 24.3 Å². The molecule has 1 aromatic rings. The number of hydrogen-bond donors (Lipinski definition) is 3. The number of carbonyl (C=O) groups excluding carboxylic acids is 3. The van der Waals surface area contributed by atoms with Crippen LogP contribution >= 0.6 is 0 Å². The number of nitrogens with two attached hydrogens (primary N) is 1. The summed E-state index contributed by atoms with van der Waals surface area (Å²) < 4.78 is 0. The van der Waals surface area contributed by atoms with Crippen molar-refractivity contribution in [3.05, 3.63) is 47.5 Å². The molecule has 7 heteroatoms. The fraction of sp³-hybridized carbons (Fsp3) is 0.421. The summed E-state index contributed by atoms with van der Waals surface area (Å²) in [5, 5.41) is 5.68. The van der Waals surface area contributed by atoms with E-state index < -0.39 is 11.9 Å². The Morgan fingerprint density at radius 1 is 1.38 bits per heavy atom. The zero-order chi connectivity index (χ0) is 18.7. The maximum absolute atomic E-state index is 13.0. The zero-order valence-electron chi connectivity index (χ0n) is 14.7. The standard InChI is InChI=1S/C19H24N4O3/c1-2-4-14(9-20)21-10-12-5-3-6-13-11-23(19(26)17(12)13)15-7-8-16(24)22-18(15)25/h2-3,5-6,14-15,21H,1,4,7-11,20H2,(H,22,24,25). The lowest BCUT2D eigenvalue weighted by Gasteiger charge is -2.29. The smallest absolute Gasteiger partial charge is 0.255 e. The third-order valence-electron chi connectivity index (χ3n) is 4.96. The molecule has 0 aliphatic carbocycles. The highest BCUT2D eigenvalue weighted by Crippen LogP contribution is 2.29. The van der Waals surface area contributed by atoms with Crippen molar-refractivity contribution in [2.45, 2.75) is 44.4 Å². The number of rotatable bonds is 7. The number of hydrogen-bond acceptors (Lipinski definition) is 5. The van der Waals surface area contributed by atoms with Crippen LogP contribution in [0.1, 0.15) is 40.7 Å². The van der Waals surface area contributed by atoms with Gasteiger partial charge in [-0.2, -0.15) is 0 Å². The molecule has 7 nitrogen and oxygen atoms in total. The molecule has 3 amide bonds. The Morgan fingerprint density at radius 3 is 2.88 bits per heavy atom. The molecule has 3 rings (SSSR count). The predicted molar refractivity (Wildman–Crippen MR) is 97.0 cm³/mol. The van der Waals surface area contributed by atoms with E-state index in [0.717, 1.165) is 17.5 Å². The Kier molecular flexibility index (Phi) is 5.49. The number of nitrogens with zero attached hydrogens (tertiary/aromatic N) is 1. The molecule has 138 valence electrons. The zero-order valence-corrected chi connectivity index (χ0v) is 14.7. The van der Waals surface area contributed by atoms with Crippen molar-refractivity contribution in [2.75, 3.05) is 6.54 Å². The summed E-state index contributed by atoms with van der Waals surface area (Å²) in [6.45, 7) is 5.12. The van der Waals surface area contributed by atoms with Gasteiger partial charge in [0.15, 0.2) is 0 Å². The number of fused-ring (bicyclic) bond motifs is 1. The normalized spacial score (nSPS) is 20.7. The van der Waals surface area contributed by atoms with Crippen molar-refractivity contribution < 1.29 is 14.4 Å². The third kappa shape index (κ3) is 3.54. The van der Waals surface area contributed by atoms with Crippen LogP contribution in [-0.4, -0.2) is 41.2 Å². The monoisotopic (exact) mass is 356 g/mol. The number of nitrogens with one attached hydrogen (secondary N) is 2. The quantitative estimate of drug-likeness (QED) is 0.486. The number of benzene rings is 1. The highest BCUT2D eigenvalue weighted by Gasteiger charge is 2.39. The molecule has 0 bridgehead atoms. The first-order chi connectivity index (χ1) is 12.5. The van der Waals surface area contributed by atoms with E-state index in [2.05, 4.69) is 17.2 Å². The van der Waals surface area contributed by atoms with E-state index in [9.17, 15) is 14.4 Å². The van der Waals surface area contributed by atoms with E-state index >= 15 is 0 Å². The van der Waals surface area contributed by atoms with Gasteiger partial charge in [0.1, 0.15) is 6.04 Å². The highest BCUT2D eigenvalue weighted by molar-refractivity contribution is 6.05. The van der Waals surface area contributed by atoms with Crippen LogP contribution in [0, 0.1) is 0 Å². The van der Waals surface area contributed by atoms with E-state index in [1.54, 1.807) is 4.90 Å². The summed E-state index contributed by atoms with van der Waals surface area (Å²) >= 11 is 0. The first kappa shape index (κ1) is 18.3. The van der Waals surface area contributed by atoms with Gasteiger partial charge in [-0.15, -0.1) is 6.58 Å². The Hall–Kier alpha value is -2.51. The first-order valence-electron chi connectivity index (χ1n) is 8.85. The summed E-state index contributed by atoms with van der Waals surface area (Å²) in [4.78, 5) is 38.0. The minimum atomic E-state index is -0.592. The van der Waals surface area contributed by atoms with Crippen molar-refractivity contribution >= 4 is 17.7 Å². The molecule has 2 heterocycles. The molecule has 2 atom stereocenters. The predicted octanol–water partition coefficient (Wildman–Crippen LogP) is 0.441. The first-order valence-corrected chi connectivity index (χ1v) is 8.85. The molecular formula is C19H24N4O3. The molecule has 0 spiro atoms. The molecule has 0 saturated carbocycles. The Morgan fingerprint density at radius 2 is 2.19 bits per heavy atom. The van der Waals surface area contributed by atoms with Crippen LogP contribution in [0.15, 0.2) is 30.9 Å². The van der Waals surface area contributed by atoms with Gasteiger partial charge in [-0.3, -0.25) is 19.7 Å². The molecule has 2 aliphatic rings. The van der Waals surface area contributed by atoms with Gasteiger partial charge >= 0.3 is 0 Å². The van der Waals surface area contributed by atoms with Gasteiger partial charge in [0, 0.05) is 37.7 Å². The second-order valence-electron chi connectivity index (χ2n) is 6.69. The summed E-state index contributed by atoms with van der Waals surface area (Å²) in [5.41, 5.74) is 8.21. The maximum Gasteiger partial charge on any atom is 0.255 e. The molecule has 1 aromatic carbocycles. The van der Waals surface area contributed by atoms with Crippen molar-refractivity contribution in [3.8, 4) is 0 Å². The number of imide groups is 1. The van der Waals surface area contributed by atoms with E-state index in [0.29, 0.717) is 31.6 Å². The third-order valence-corrected chi connectivity index (χ3v) is 4.96. The minimum absolute atomic E-state index is 0.103. The number of carbonyl (C=O) groups is 3. The van der Waals surface area contributed by atoms with E-state index in [1.165, 1.54) is 0 Å². The summed E-state index contributed by atoms with van der Waals surface area (Å²) in [5.74, 6) is -0.827. The van der Waals surface area contributed by atoms with Crippen LogP contribution in [0.25, 0.3) is 0 Å². The van der Waals surface area contributed by atoms with Gasteiger partial charge in [0.25, 0.3) is 5.91 Å². The fourth-order valence-corrected chi connectivity index (χ4v) is 3.56. The second-order valence-corrected chi connectivity index (χ2v) is 6.69. The molecule has 0 aromatic heterocycles. The maximum atomic E-state index is 13.0. The van der Waals surface area contributed by atoms with Gasteiger partial charge in [-0.25, -0.2) is 0 Å². The van der Waals surface area contributed by atoms with Crippen molar-refractivity contribution in [1.82, 2.24) is 15.5 Å². The average Bonchev–Trinajstić information content (AvgIpc) is 2.96. The fourth-order valence-electron chi connectivity index (χ4n) is 3.56. The Balaban J connectivity index is 1.77. The molecule has 26 heavy (non-hydrogen) atoms. The van der Waals surface area contributed by atoms with Crippen LogP contribution in [0.4, 0.5) is 0 Å². The van der Waals surface area contributed by atoms with Gasteiger partial charge in [0.05, 0.1) is 0 Å². The molecule has 2 unspecified atom stereocenters. The number of piperidine rings is 1. The highest BCUT2D eigenvalue weighted by atomic mass is 16.2. The molecular weight excluding hydrogens is 332 g/mol. The molecule has 1 saturated heterocycles. The van der Waals surface area contributed by atoms with Crippen LogP contribution in [-0.2, 0) is 22.7 Å². The van der Waals surface area contributed by atoms with Crippen molar-refractivity contribution in [3.63, 3.8) is 0 Å². The van der Waals surface area contributed by atoms with Gasteiger partial charge < -0.3 is 16.0 Å². The Labute approximate surface area is 152 Å². The minimum Gasteiger partial charge on any atom is -0.329 e. The van der Waals surface area contributed by atoms with E-state index in [1.807, 2.05) is 24.3 Å². The topological polar surface area (TPSA) is 105 Å². The molecule has 0 radical (unpaired) electrons. The molecule has 2 aliphatic heterocycles. The lowest BCUT2D eigenvalue weighted by Crippen LogP contribution is -2.52. The van der Waals surface area contributed by atoms with Crippen LogP contribution < -0.4 is 16.4 Å². The van der Waals surface area contributed by atoms with Crippen molar-refractivity contribution in [2.24, 2.45) is 5.73 Å². The van der Waals surface area contributed by atoms with Crippen LogP contribution in [0.5, 0.6) is 0 Å². The SMILES string of the molecule is C=CCC(CN)NCc1cccc2c1C(=O)N(C1CCC(=O)NC1=O)C2. The number of amides is 3. The molecule has 1 fully saturated rings. The Bertz CT molecular complexity index is 746. The van der Waals surface area contributed by atoms with Crippen LogP contribution in [0.3, 0.4) is 0 Å². The average molecular weight is 356 g/mol. The van der Waals surface area contributed by atoms with E-state index in [-0.39, 0.29) is 24.3 Å². The van der Waals surface area contributed by atoms with E-state index in [4.69, 9.17) is 5.73 Å². The summed E-state index contributed by atoms with van der Waals surface area (Å²) in [6.07, 6.45) is 3.19. The summed E-state index contributed by atoms with van der Waals surface area (Å²) in [6, 6.07) is 5.26. The van der Waals surface area contributed by atoms with Crippen molar-refractivity contribution in [1.29, 1.82) is 0 Å².